The molecule has 1 rings (SSSR count). The molecule has 0 aromatic carbocycles. The first-order valence-corrected chi connectivity index (χ1v) is 8.13. The Morgan fingerprint density at radius 3 is 2.23 bits per heavy atom. The maximum Gasteiger partial charge on any atom is 0.303 e. The van der Waals surface area contributed by atoms with Crippen LogP contribution in [0.4, 0.5) is 0 Å². The summed E-state index contributed by atoms with van der Waals surface area (Å²) in [4.78, 5) is 33.6. The van der Waals surface area contributed by atoms with Crippen molar-refractivity contribution in [1.82, 2.24) is 0 Å². The third kappa shape index (κ3) is 6.23. The number of hydrogen-bond donors (Lipinski definition) is 0. The Bertz CT molecular complexity index is 412. The summed E-state index contributed by atoms with van der Waals surface area (Å²) in [7, 11) is 0. The Balaban J connectivity index is 2.89. The molecule has 1 fully saturated rings. The van der Waals surface area contributed by atoms with Crippen LogP contribution in [0, 0.1) is 0 Å². The number of ether oxygens (including phenoxy) is 4. The minimum absolute atomic E-state index is 0.0637. The van der Waals surface area contributed by atoms with Gasteiger partial charge in [0.05, 0.1) is 0 Å². The molecule has 1 saturated heterocycles. The van der Waals surface area contributed by atoms with E-state index in [-0.39, 0.29) is 12.0 Å². The number of carbonyl (C=O) groups excluding carboxylic acids is 3. The summed E-state index contributed by atoms with van der Waals surface area (Å²) in [5.74, 6) is -0.620. The fourth-order valence-corrected chi connectivity index (χ4v) is 3.11. The van der Waals surface area contributed by atoms with E-state index in [1.165, 1.54) is 20.8 Å². The van der Waals surface area contributed by atoms with Crippen LogP contribution in [-0.4, -0.2) is 54.0 Å². The molecule has 0 radical (unpaired) electrons. The molecule has 7 nitrogen and oxygen atoms in total. The molecule has 0 aliphatic carbocycles. The van der Waals surface area contributed by atoms with Gasteiger partial charge >= 0.3 is 17.9 Å². The maximum absolute atomic E-state index is 11.3. The van der Waals surface area contributed by atoms with Gasteiger partial charge in [0, 0.05) is 27.2 Å². The summed E-state index contributed by atoms with van der Waals surface area (Å²) in [6.07, 6.45) is -1.68. The van der Waals surface area contributed by atoms with Gasteiger partial charge in [0.15, 0.2) is 6.10 Å². The van der Waals surface area contributed by atoms with Gasteiger partial charge in [-0.05, 0) is 5.75 Å². The molecule has 1 heterocycles. The molecule has 0 N–H and O–H groups in total. The fourth-order valence-electron chi connectivity index (χ4n) is 2.19. The number of rotatable bonds is 6. The molecule has 0 unspecified atom stereocenters. The van der Waals surface area contributed by atoms with E-state index in [0.717, 1.165) is 5.75 Å². The van der Waals surface area contributed by atoms with Crippen LogP contribution in [0.1, 0.15) is 34.1 Å². The van der Waals surface area contributed by atoms with Crippen molar-refractivity contribution in [2.75, 3.05) is 12.4 Å². The number of thioether (sulfide) groups is 1. The van der Waals surface area contributed by atoms with Crippen molar-refractivity contribution >= 4 is 29.7 Å². The lowest BCUT2D eigenvalue weighted by Crippen LogP contribution is -2.53. The highest BCUT2D eigenvalue weighted by Crippen LogP contribution is 2.31. The lowest BCUT2D eigenvalue weighted by Gasteiger charge is -2.39. The predicted octanol–water partition coefficient (Wildman–Crippen LogP) is 1.28. The summed E-state index contributed by atoms with van der Waals surface area (Å²) in [6.45, 7) is 5.76. The summed E-state index contributed by atoms with van der Waals surface area (Å²) in [5.41, 5.74) is -0.221. The van der Waals surface area contributed by atoms with Crippen LogP contribution in [0.25, 0.3) is 0 Å². The van der Waals surface area contributed by atoms with Crippen LogP contribution in [0.2, 0.25) is 0 Å². The molecule has 0 aromatic heterocycles. The first-order chi connectivity index (χ1) is 10.3. The van der Waals surface area contributed by atoms with Gasteiger partial charge in [-0.2, -0.15) is 0 Å². The van der Waals surface area contributed by atoms with E-state index < -0.39 is 36.2 Å². The zero-order valence-electron chi connectivity index (χ0n) is 13.2. The Labute approximate surface area is 134 Å². The van der Waals surface area contributed by atoms with Crippen molar-refractivity contribution in [2.24, 2.45) is 0 Å². The van der Waals surface area contributed by atoms with E-state index in [2.05, 4.69) is 0 Å². The van der Waals surface area contributed by atoms with Crippen LogP contribution in [0.15, 0.2) is 0 Å². The smallest absolute Gasteiger partial charge is 0.303 e. The molecular formula is C14H22O7S. The van der Waals surface area contributed by atoms with E-state index in [9.17, 15) is 14.4 Å². The topological polar surface area (TPSA) is 88.1 Å². The zero-order chi connectivity index (χ0) is 16.7. The monoisotopic (exact) mass is 334 g/mol. The number of hydrogen-bond acceptors (Lipinski definition) is 8. The highest BCUT2D eigenvalue weighted by atomic mass is 32.2. The average Bonchev–Trinajstić information content (AvgIpc) is 2.38. The van der Waals surface area contributed by atoms with Crippen molar-refractivity contribution in [3.8, 4) is 0 Å². The minimum atomic E-state index is -0.797. The average molecular weight is 334 g/mol. The molecule has 8 heteroatoms. The van der Waals surface area contributed by atoms with Gasteiger partial charge in [0.1, 0.15) is 24.3 Å². The summed E-state index contributed by atoms with van der Waals surface area (Å²) < 4.78 is 21.3. The number of esters is 3. The van der Waals surface area contributed by atoms with E-state index >= 15 is 0 Å². The van der Waals surface area contributed by atoms with E-state index in [4.69, 9.17) is 18.9 Å². The van der Waals surface area contributed by atoms with Crippen molar-refractivity contribution < 1.29 is 33.3 Å². The molecule has 0 saturated carbocycles. The van der Waals surface area contributed by atoms with Crippen LogP contribution in [0.3, 0.4) is 0 Å². The van der Waals surface area contributed by atoms with Crippen molar-refractivity contribution in [3.63, 3.8) is 0 Å². The molecule has 0 spiro atoms. The SMILES string of the molecule is CCS[C@@H]1C[C@H](OC(C)=O)[C@H](OC(C)=O)[C@@H](COC(C)=O)O1. The molecule has 22 heavy (non-hydrogen) atoms. The lowest BCUT2D eigenvalue weighted by molar-refractivity contribution is -0.204. The number of carbonyl (C=O) groups is 3. The predicted molar refractivity (Wildman–Crippen MR) is 79.2 cm³/mol. The van der Waals surface area contributed by atoms with Crippen molar-refractivity contribution in [2.45, 2.75) is 57.9 Å². The van der Waals surface area contributed by atoms with Gasteiger partial charge in [-0.1, -0.05) is 6.92 Å². The molecule has 0 bridgehead atoms. The van der Waals surface area contributed by atoms with Crippen LogP contribution in [0.5, 0.6) is 0 Å². The highest BCUT2D eigenvalue weighted by Gasteiger charge is 2.43. The quantitative estimate of drug-likeness (QED) is 0.530. The minimum Gasteiger partial charge on any atom is -0.463 e. The normalized spacial score (nSPS) is 27.8. The van der Waals surface area contributed by atoms with Crippen molar-refractivity contribution in [1.29, 1.82) is 0 Å². The molecule has 126 valence electrons. The lowest BCUT2D eigenvalue weighted by atomic mass is 10.0. The molecule has 4 atom stereocenters. The third-order valence-electron chi connectivity index (χ3n) is 2.91. The second-order valence-electron chi connectivity index (χ2n) is 4.82. The second kappa shape index (κ2) is 8.99. The zero-order valence-corrected chi connectivity index (χ0v) is 14.0. The Morgan fingerprint density at radius 1 is 1.09 bits per heavy atom. The van der Waals surface area contributed by atoms with E-state index in [1.807, 2.05) is 6.92 Å². The second-order valence-corrected chi connectivity index (χ2v) is 6.26. The third-order valence-corrected chi connectivity index (χ3v) is 3.92. The largest absolute Gasteiger partial charge is 0.463 e. The van der Waals surface area contributed by atoms with Gasteiger partial charge in [-0.25, -0.2) is 0 Å². The summed E-state index contributed by atoms with van der Waals surface area (Å²) >= 11 is 1.55. The van der Waals surface area contributed by atoms with Gasteiger partial charge in [0.2, 0.25) is 0 Å². The van der Waals surface area contributed by atoms with Crippen LogP contribution in [-0.2, 0) is 33.3 Å². The molecular weight excluding hydrogens is 312 g/mol. The van der Waals surface area contributed by atoms with Crippen molar-refractivity contribution in [3.05, 3.63) is 0 Å². The van der Waals surface area contributed by atoms with E-state index in [0.29, 0.717) is 6.42 Å². The Morgan fingerprint density at radius 2 is 1.73 bits per heavy atom. The molecule has 1 aliphatic rings. The first-order valence-electron chi connectivity index (χ1n) is 7.08. The highest BCUT2D eigenvalue weighted by molar-refractivity contribution is 7.99. The Hall–Kier alpha value is -1.28. The van der Waals surface area contributed by atoms with Gasteiger partial charge in [-0.3, -0.25) is 14.4 Å². The first kappa shape index (κ1) is 18.8. The van der Waals surface area contributed by atoms with Crippen LogP contribution >= 0.6 is 11.8 Å². The fraction of sp³-hybridized carbons (Fsp3) is 0.786. The van der Waals surface area contributed by atoms with Crippen LogP contribution < -0.4 is 0 Å². The Kier molecular flexibility index (Phi) is 7.67. The molecule has 1 aliphatic heterocycles. The van der Waals surface area contributed by atoms with E-state index in [1.54, 1.807) is 11.8 Å². The molecule has 0 aromatic rings. The van der Waals surface area contributed by atoms with Gasteiger partial charge in [0.25, 0.3) is 0 Å². The summed E-state index contributed by atoms with van der Waals surface area (Å²) in [6, 6.07) is 0. The van der Waals surface area contributed by atoms with Gasteiger partial charge < -0.3 is 18.9 Å². The maximum atomic E-state index is 11.3. The summed E-state index contributed by atoms with van der Waals surface area (Å²) in [5, 5.41) is 0. The standard InChI is InChI=1S/C14H22O7S/c1-5-22-13-6-11(19-9(3)16)14(20-10(4)17)12(21-13)7-18-8(2)15/h11-14H,5-7H2,1-4H3/t11-,12+,13+,14-/m0/s1. The van der Waals surface area contributed by atoms with Gasteiger partial charge in [-0.15, -0.1) is 11.8 Å². The molecule has 0 amide bonds.